The Morgan fingerprint density at radius 1 is 1.44 bits per heavy atom. The van der Waals surface area contributed by atoms with Crippen LogP contribution >= 0.6 is 11.8 Å². The molecule has 1 aliphatic rings. The van der Waals surface area contributed by atoms with Gasteiger partial charge in [0.05, 0.1) is 29.6 Å². The molecule has 0 radical (unpaired) electrons. The molecule has 168 valence electrons. The molecule has 3 rings (SSSR count). The number of hydrogen-bond acceptors (Lipinski definition) is 7. The molecule has 32 heavy (non-hydrogen) atoms. The number of furan rings is 1. The average molecular weight is 466 g/mol. The Balaban J connectivity index is 2.03. The van der Waals surface area contributed by atoms with E-state index in [9.17, 15) is 28.0 Å². The Bertz CT molecular complexity index is 1110. The molecule has 12 heteroatoms. The van der Waals surface area contributed by atoms with Crippen LogP contribution in [0.25, 0.3) is 0 Å². The molecule has 1 unspecified atom stereocenters. The van der Waals surface area contributed by atoms with E-state index in [0.29, 0.717) is 0 Å². The number of aryl methyl sites for hydroxylation is 1. The SMILES string of the molecule is CCOC(=O)C1=C(CSc2nc(C)cc(C(F)(F)F)c2C#N)NC(=O)NC1c1ccco1. The molecule has 0 saturated heterocycles. The maximum Gasteiger partial charge on any atom is 0.417 e. The molecule has 0 aromatic carbocycles. The van der Waals surface area contributed by atoms with Crippen LogP contribution in [0.2, 0.25) is 0 Å². The molecular formula is C20H17F3N4O4S. The highest BCUT2D eigenvalue weighted by atomic mass is 32.2. The van der Waals surface area contributed by atoms with Gasteiger partial charge in [0.25, 0.3) is 0 Å². The van der Waals surface area contributed by atoms with Crippen molar-refractivity contribution in [1.82, 2.24) is 15.6 Å². The number of carbonyl (C=O) groups excluding carboxylic acids is 2. The van der Waals surface area contributed by atoms with Crippen molar-refractivity contribution in [2.45, 2.75) is 31.1 Å². The second-order valence-corrected chi connectivity index (χ2v) is 7.51. The van der Waals surface area contributed by atoms with Crippen LogP contribution in [0.1, 0.15) is 35.5 Å². The fourth-order valence-electron chi connectivity index (χ4n) is 3.07. The normalized spacial score (nSPS) is 16.2. The van der Waals surface area contributed by atoms with E-state index in [1.165, 1.54) is 13.2 Å². The molecule has 0 spiro atoms. The van der Waals surface area contributed by atoms with Crippen molar-refractivity contribution in [1.29, 1.82) is 5.26 Å². The molecule has 2 aromatic heterocycles. The molecule has 0 bridgehead atoms. The highest BCUT2D eigenvalue weighted by Crippen LogP contribution is 2.37. The van der Waals surface area contributed by atoms with Crippen molar-refractivity contribution in [3.05, 3.63) is 58.3 Å². The predicted molar refractivity (Wildman–Crippen MR) is 106 cm³/mol. The number of carbonyl (C=O) groups is 2. The number of pyridine rings is 1. The number of rotatable bonds is 6. The Morgan fingerprint density at radius 2 is 2.19 bits per heavy atom. The molecule has 2 amide bonds. The molecule has 0 fully saturated rings. The van der Waals surface area contributed by atoms with Crippen molar-refractivity contribution >= 4 is 23.8 Å². The van der Waals surface area contributed by atoms with E-state index >= 15 is 0 Å². The molecule has 0 saturated carbocycles. The van der Waals surface area contributed by atoms with Gasteiger partial charge in [0.2, 0.25) is 0 Å². The van der Waals surface area contributed by atoms with E-state index < -0.39 is 35.3 Å². The van der Waals surface area contributed by atoms with E-state index in [0.717, 1.165) is 17.8 Å². The summed E-state index contributed by atoms with van der Waals surface area (Å²) in [6.07, 6.45) is -3.37. The van der Waals surface area contributed by atoms with E-state index in [1.54, 1.807) is 25.1 Å². The van der Waals surface area contributed by atoms with Crippen LogP contribution < -0.4 is 10.6 Å². The van der Waals surface area contributed by atoms with E-state index in [2.05, 4.69) is 15.6 Å². The smallest absolute Gasteiger partial charge is 0.417 e. The highest BCUT2D eigenvalue weighted by molar-refractivity contribution is 7.99. The van der Waals surface area contributed by atoms with Gasteiger partial charge in [0, 0.05) is 17.1 Å². The number of nitriles is 1. The summed E-state index contributed by atoms with van der Waals surface area (Å²) >= 11 is 0.791. The molecule has 8 nitrogen and oxygen atoms in total. The molecule has 1 atom stereocenters. The number of thioether (sulfide) groups is 1. The van der Waals surface area contributed by atoms with Gasteiger partial charge in [-0.25, -0.2) is 14.6 Å². The number of nitrogens with one attached hydrogen (secondary N) is 2. The molecule has 2 N–H and O–H groups in total. The van der Waals surface area contributed by atoms with Gasteiger partial charge in [-0.05, 0) is 32.0 Å². The second-order valence-electron chi connectivity index (χ2n) is 6.55. The molecular weight excluding hydrogens is 449 g/mol. The summed E-state index contributed by atoms with van der Waals surface area (Å²) in [5.41, 5.74) is -1.51. The summed E-state index contributed by atoms with van der Waals surface area (Å²) < 4.78 is 50.5. The van der Waals surface area contributed by atoms with E-state index in [1.807, 2.05) is 0 Å². The maximum atomic E-state index is 13.4. The number of aromatic nitrogens is 1. The van der Waals surface area contributed by atoms with Crippen molar-refractivity contribution < 1.29 is 31.9 Å². The third-order valence-corrected chi connectivity index (χ3v) is 5.36. The number of ether oxygens (including phenoxy) is 1. The van der Waals surface area contributed by atoms with Gasteiger partial charge >= 0.3 is 18.2 Å². The van der Waals surface area contributed by atoms with Gasteiger partial charge in [0.15, 0.2) is 0 Å². The van der Waals surface area contributed by atoms with Crippen LogP contribution in [0, 0.1) is 18.3 Å². The summed E-state index contributed by atoms with van der Waals surface area (Å²) in [5, 5.41) is 14.2. The van der Waals surface area contributed by atoms with Crippen LogP contribution in [-0.2, 0) is 15.7 Å². The lowest BCUT2D eigenvalue weighted by molar-refractivity contribution is -0.139. The topological polar surface area (TPSA) is 117 Å². The predicted octanol–water partition coefficient (Wildman–Crippen LogP) is 3.84. The van der Waals surface area contributed by atoms with Gasteiger partial charge in [-0.1, -0.05) is 11.8 Å². The van der Waals surface area contributed by atoms with Crippen LogP contribution in [0.5, 0.6) is 0 Å². The minimum Gasteiger partial charge on any atom is -0.467 e. The zero-order valence-corrected chi connectivity index (χ0v) is 17.7. The lowest BCUT2D eigenvalue weighted by Crippen LogP contribution is -2.46. The molecule has 3 heterocycles. The number of halogens is 3. The Morgan fingerprint density at radius 3 is 2.78 bits per heavy atom. The first-order valence-electron chi connectivity index (χ1n) is 9.28. The monoisotopic (exact) mass is 466 g/mol. The number of hydrogen-bond donors (Lipinski definition) is 2. The first-order valence-corrected chi connectivity index (χ1v) is 10.3. The van der Waals surface area contributed by atoms with Gasteiger partial charge in [-0.3, -0.25) is 0 Å². The van der Waals surface area contributed by atoms with Gasteiger partial charge in [-0.2, -0.15) is 18.4 Å². The summed E-state index contributed by atoms with van der Waals surface area (Å²) in [4.78, 5) is 28.9. The molecule has 1 aliphatic heterocycles. The molecule has 2 aromatic rings. The van der Waals surface area contributed by atoms with Crippen LogP contribution in [0.3, 0.4) is 0 Å². The summed E-state index contributed by atoms with van der Waals surface area (Å²) in [7, 11) is 0. The zero-order valence-electron chi connectivity index (χ0n) is 16.9. The fourth-order valence-corrected chi connectivity index (χ4v) is 4.09. The zero-order chi connectivity index (χ0) is 23.5. The maximum absolute atomic E-state index is 13.4. The first kappa shape index (κ1) is 23.2. The lowest BCUT2D eigenvalue weighted by atomic mass is 10.0. The lowest BCUT2D eigenvalue weighted by Gasteiger charge is -2.27. The quantitative estimate of drug-likeness (QED) is 0.491. The minimum absolute atomic E-state index is 0.0381. The number of amides is 2. The number of urea groups is 1. The fraction of sp³-hybridized carbons (Fsp3) is 0.300. The van der Waals surface area contributed by atoms with Crippen molar-refractivity contribution in [2.24, 2.45) is 0 Å². The standard InChI is InChI=1S/C20H17F3N4O4S/c1-3-30-18(28)15-13(26-19(29)27-16(15)14-5-4-6-31-14)9-32-17-11(8-24)12(20(21,22)23)7-10(2)25-17/h4-7,16H,3,9H2,1-2H3,(H2,26,27,29). The number of alkyl halides is 3. The summed E-state index contributed by atoms with van der Waals surface area (Å²) in [5.74, 6) is -0.608. The van der Waals surface area contributed by atoms with Crippen molar-refractivity contribution in [3.63, 3.8) is 0 Å². The van der Waals surface area contributed by atoms with Gasteiger partial charge < -0.3 is 19.8 Å². The van der Waals surface area contributed by atoms with Crippen molar-refractivity contribution in [2.75, 3.05) is 12.4 Å². The highest BCUT2D eigenvalue weighted by Gasteiger charge is 2.37. The summed E-state index contributed by atoms with van der Waals surface area (Å²) in [6.45, 7) is 3.05. The summed E-state index contributed by atoms with van der Waals surface area (Å²) in [6, 6.07) is 3.90. The average Bonchev–Trinajstić information content (AvgIpc) is 3.25. The minimum atomic E-state index is -4.74. The Labute approximate surface area is 184 Å². The van der Waals surface area contributed by atoms with Crippen LogP contribution in [-0.4, -0.2) is 29.3 Å². The third kappa shape index (κ3) is 4.88. The van der Waals surface area contributed by atoms with Gasteiger partial charge in [0.1, 0.15) is 22.9 Å². The van der Waals surface area contributed by atoms with Crippen molar-refractivity contribution in [3.8, 4) is 6.07 Å². The second kappa shape index (κ2) is 9.35. The van der Waals surface area contributed by atoms with E-state index in [-0.39, 0.29) is 40.1 Å². The Kier molecular flexibility index (Phi) is 6.78. The largest absolute Gasteiger partial charge is 0.467 e. The molecule has 0 aliphatic carbocycles. The Hall–Kier alpha value is -3.46. The first-order chi connectivity index (χ1) is 15.2. The van der Waals surface area contributed by atoms with Crippen LogP contribution in [0.15, 0.2) is 45.2 Å². The number of nitrogens with zero attached hydrogens (tertiary/aromatic N) is 2. The van der Waals surface area contributed by atoms with E-state index in [4.69, 9.17) is 9.15 Å². The van der Waals surface area contributed by atoms with Gasteiger partial charge in [-0.15, -0.1) is 0 Å². The van der Waals surface area contributed by atoms with Crippen LogP contribution in [0.4, 0.5) is 18.0 Å². The number of esters is 1. The third-order valence-electron chi connectivity index (χ3n) is 4.36.